The molecule has 4 heteroatoms. The first kappa shape index (κ1) is 11.6. The van der Waals surface area contributed by atoms with Gasteiger partial charge in [-0.25, -0.2) is 4.98 Å². The van der Waals surface area contributed by atoms with Gasteiger partial charge >= 0.3 is 0 Å². The summed E-state index contributed by atoms with van der Waals surface area (Å²) in [6, 6.07) is 7.58. The molecule has 0 aromatic carbocycles. The number of rotatable bonds is 4. The Morgan fingerprint density at radius 3 is 2.65 bits per heavy atom. The fourth-order valence-corrected chi connectivity index (χ4v) is 1.56. The summed E-state index contributed by atoms with van der Waals surface area (Å²) in [7, 11) is 5.94. The minimum Gasteiger partial charge on any atom is -0.370 e. The van der Waals surface area contributed by atoms with E-state index in [1.165, 1.54) is 0 Å². The molecule has 0 bridgehead atoms. The van der Waals surface area contributed by atoms with Gasteiger partial charge < -0.3 is 5.32 Å². The molecule has 0 saturated carbocycles. The van der Waals surface area contributed by atoms with Crippen LogP contribution in [0.25, 0.3) is 11.3 Å². The molecule has 2 aromatic rings. The van der Waals surface area contributed by atoms with Crippen LogP contribution >= 0.6 is 0 Å². The van der Waals surface area contributed by atoms with Crippen molar-refractivity contribution in [3.63, 3.8) is 0 Å². The Morgan fingerprint density at radius 1 is 1.18 bits per heavy atom. The highest BCUT2D eigenvalue weighted by atomic mass is 15.0. The third kappa shape index (κ3) is 2.84. The Balaban J connectivity index is 2.33. The Kier molecular flexibility index (Phi) is 3.75. The Bertz CT molecular complexity index is 485. The maximum atomic E-state index is 5.94. The fraction of sp³-hybridized carbons (Fsp3) is 0.231. The van der Waals surface area contributed by atoms with Crippen LogP contribution in [0.1, 0.15) is 13.3 Å². The molecule has 0 fully saturated rings. The fourth-order valence-electron chi connectivity index (χ4n) is 1.56. The van der Waals surface area contributed by atoms with Crippen molar-refractivity contribution in [3.8, 4) is 11.3 Å². The van der Waals surface area contributed by atoms with E-state index in [1.54, 1.807) is 12.4 Å². The maximum Gasteiger partial charge on any atom is 0.126 e. The predicted molar refractivity (Wildman–Crippen MR) is 71.6 cm³/mol. The second-order valence-electron chi connectivity index (χ2n) is 3.80. The van der Waals surface area contributed by atoms with Crippen LogP contribution in [-0.2, 0) is 0 Å². The molecule has 2 rings (SSSR count). The summed E-state index contributed by atoms with van der Waals surface area (Å²) in [5.41, 5.74) is 2.46. The highest BCUT2D eigenvalue weighted by Crippen LogP contribution is 2.15. The van der Waals surface area contributed by atoms with Gasteiger partial charge in [0.1, 0.15) is 13.7 Å². The van der Waals surface area contributed by atoms with E-state index in [2.05, 4.69) is 22.2 Å². The van der Waals surface area contributed by atoms with Crippen LogP contribution in [0.4, 0.5) is 5.82 Å². The molecule has 2 aromatic heterocycles. The SMILES string of the molecule is [B]c1ccc(NCCC)nc1-c1ccncc1. The molecular formula is C13H14BN3. The third-order valence-electron chi connectivity index (χ3n) is 2.44. The van der Waals surface area contributed by atoms with Gasteiger partial charge in [-0.05, 0) is 24.6 Å². The van der Waals surface area contributed by atoms with Crippen molar-refractivity contribution >= 4 is 19.1 Å². The van der Waals surface area contributed by atoms with Crippen molar-refractivity contribution in [2.45, 2.75) is 13.3 Å². The third-order valence-corrected chi connectivity index (χ3v) is 2.44. The van der Waals surface area contributed by atoms with Crippen LogP contribution in [0.3, 0.4) is 0 Å². The Hall–Kier alpha value is -1.84. The first-order valence-corrected chi connectivity index (χ1v) is 5.72. The van der Waals surface area contributed by atoms with Gasteiger partial charge in [0, 0.05) is 24.5 Å². The lowest BCUT2D eigenvalue weighted by Gasteiger charge is -2.09. The lowest BCUT2D eigenvalue weighted by Crippen LogP contribution is -2.11. The first-order chi connectivity index (χ1) is 8.31. The molecule has 3 nitrogen and oxygen atoms in total. The number of nitrogens with zero attached hydrogens (tertiary/aromatic N) is 2. The molecule has 1 N–H and O–H groups in total. The average Bonchev–Trinajstić information content (AvgIpc) is 2.39. The van der Waals surface area contributed by atoms with Crippen LogP contribution in [0.5, 0.6) is 0 Å². The lowest BCUT2D eigenvalue weighted by molar-refractivity contribution is 0.970. The van der Waals surface area contributed by atoms with Crippen LogP contribution in [-0.4, -0.2) is 24.4 Å². The molecule has 0 spiro atoms. The summed E-state index contributed by atoms with van der Waals surface area (Å²) in [6.45, 7) is 3.03. The van der Waals surface area contributed by atoms with E-state index < -0.39 is 0 Å². The van der Waals surface area contributed by atoms with Gasteiger partial charge in [0.15, 0.2) is 0 Å². The molecule has 0 amide bonds. The summed E-state index contributed by atoms with van der Waals surface area (Å²) in [6.07, 6.45) is 4.54. The van der Waals surface area contributed by atoms with E-state index in [1.807, 2.05) is 24.3 Å². The van der Waals surface area contributed by atoms with Gasteiger partial charge in [0.2, 0.25) is 0 Å². The van der Waals surface area contributed by atoms with E-state index in [4.69, 9.17) is 7.85 Å². The Morgan fingerprint density at radius 2 is 1.94 bits per heavy atom. The Labute approximate surface area is 103 Å². The smallest absolute Gasteiger partial charge is 0.126 e. The number of nitrogens with one attached hydrogen (secondary N) is 1. The second-order valence-corrected chi connectivity index (χ2v) is 3.80. The maximum absolute atomic E-state index is 5.94. The summed E-state index contributed by atoms with van der Waals surface area (Å²) in [4.78, 5) is 8.50. The van der Waals surface area contributed by atoms with Crippen LogP contribution in [0.2, 0.25) is 0 Å². The van der Waals surface area contributed by atoms with Gasteiger partial charge in [0.05, 0.1) is 5.69 Å². The van der Waals surface area contributed by atoms with E-state index in [-0.39, 0.29) is 0 Å². The predicted octanol–water partition coefficient (Wildman–Crippen LogP) is 1.76. The van der Waals surface area contributed by atoms with Crippen LogP contribution in [0, 0.1) is 0 Å². The quantitative estimate of drug-likeness (QED) is 0.802. The zero-order chi connectivity index (χ0) is 12.1. The van der Waals surface area contributed by atoms with Crippen molar-refractivity contribution < 1.29 is 0 Å². The molecule has 0 aliphatic rings. The van der Waals surface area contributed by atoms with Gasteiger partial charge in [-0.15, -0.1) is 0 Å². The highest BCUT2D eigenvalue weighted by Gasteiger charge is 2.04. The van der Waals surface area contributed by atoms with Crippen molar-refractivity contribution in [1.29, 1.82) is 0 Å². The lowest BCUT2D eigenvalue weighted by atomic mass is 9.91. The van der Waals surface area contributed by atoms with E-state index in [9.17, 15) is 0 Å². The molecule has 0 saturated heterocycles. The minimum atomic E-state index is 0.679. The van der Waals surface area contributed by atoms with Gasteiger partial charge in [-0.1, -0.05) is 18.5 Å². The standard InChI is InChI=1S/C13H14BN3/c1-2-7-16-12-4-3-11(14)13(17-12)10-5-8-15-9-6-10/h3-6,8-9H,2,7H2,1H3,(H,16,17). The minimum absolute atomic E-state index is 0.679. The zero-order valence-corrected chi connectivity index (χ0v) is 9.85. The largest absolute Gasteiger partial charge is 0.370 e. The molecule has 0 unspecified atom stereocenters. The van der Waals surface area contributed by atoms with Crippen LogP contribution < -0.4 is 10.8 Å². The molecule has 17 heavy (non-hydrogen) atoms. The van der Waals surface area contributed by atoms with Crippen molar-refractivity contribution in [2.75, 3.05) is 11.9 Å². The number of hydrogen-bond acceptors (Lipinski definition) is 3. The zero-order valence-electron chi connectivity index (χ0n) is 9.85. The van der Waals surface area contributed by atoms with E-state index >= 15 is 0 Å². The summed E-state index contributed by atoms with van der Waals surface area (Å²) >= 11 is 0. The van der Waals surface area contributed by atoms with E-state index in [0.29, 0.717) is 5.46 Å². The summed E-state index contributed by atoms with van der Waals surface area (Å²) in [5.74, 6) is 0.855. The van der Waals surface area contributed by atoms with Gasteiger partial charge in [-0.2, -0.15) is 0 Å². The molecule has 0 aliphatic carbocycles. The van der Waals surface area contributed by atoms with Crippen molar-refractivity contribution in [1.82, 2.24) is 9.97 Å². The topological polar surface area (TPSA) is 37.8 Å². The second kappa shape index (κ2) is 5.48. The molecule has 0 aliphatic heterocycles. The first-order valence-electron chi connectivity index (χ1n) is 5.72. The molecule has 2 radical (unpaired) electrons. The summed E-state index contributed by atoms with van der Waals surface area (Å²) < 4.78 is 0. The number of hydrogen-bond donors (Lipinski definition) is 1. The molecule has 2 heterocycles. The van der Waals surface area contributed by atoms with Crippen molar-refractivity contribution in [2.24, 2.45) is 0 Å². The van der Waals surface area contributed by atoms with Gasteiger partial charge in [-0.3, -0.25) is 4.98 Å². The molecule has 84 valence electrons. The number of pyridine rings is 2. The van der Waals surface area contributed by atoms with E-state index in [0.717, 1.165) is 30.0 Å². The average molecular weight is 223 g/mol. The summed E-state index contributed by atoms with van der Waals surface area (Å²) in [5, 5.41) is 3.25. The van der Waals surface area contributed by atoms with Crippen molar-refractivity contribution in [3.05, 3.63) is 36.7 Å². The highest BCUT2D eigenvalue weighted by molar-refractivity contribution is 6.35. The number of anilines is 1. The monoisotopic (exact) mass is 223 g/mol. The molecule has 0 atom stereocenters. The van der Waals surface area contributed by atoms with Crippen LogP contribution in [0.15, 0.2) is 36.7 Å². The normalized spacial score (nSPS) is 10.2. The molecular weight excluding hydrogens is 209 g/mol. The number of aromatic nitrogens is 2. The van der Waals surface area contributed by atoms with Gasteiger partial charge in [0.25, 0.3) is 0 Å².